The molecule has 2 aromatic carbocycles. The van der Waals surface area contributed by atoms with Crippen molar-refractivity contribution < 1.29 is 4.39 Å². The lowest BCUT2D eigenvalue weighted by atomic mass is 9.93. The van der Waals surface area contributed by atoms with Gasteiger partial charge in [-0.15, -0.1) is 0 Å². The SMILES string of the molecule is CCc1cccc(C)c1-c1ccc(Cl)cc1F. The fourth-order valence-electron chi connectivity index (χ4n) is 2.10. The summed E-state index contributed by atoms with van der Waals surface area (Å²) in [6.07, 6.45) is 0.888. The predicted molar refractivity (Wildman–Crippen MR) is 71.0 cm³/mol. The molecule has 0 aliphatic rings. The van der Waals surface area contributed by atoms with Gasteiger partial charge in [-0.3, -0.25) is 0 Å². The van der Waals surface area contributed by atoms with E-state index in [-0.39, 0.29) is 5.82 Å². The summed E-state index contributed by atoms with van der Waals surface area (Å²) in [5.74, 6) is -0.262. The minimum Gasteiger partial charge on any atom is -0.206 e. The standard InChI is InChI=1S/C15H14ClF/c1-3-11-6-4-5-10(2)15(11)13-8-7-12(16)9-14(13)17/h4-9H,3H2,1-2H3. The van der Waals surface area contributed by atoms with E-state index in [0.29, 0.717) is 10.6 Å². The van der Waals surface area contributed by atoms with E-state index in [1.54, 1.807) is 12.1 Å². The van der Waals surface area contributed by atoms with Crippen LogP contribution in [-0.2, 0) is 6.42 Å². The van der Waals surface area contributed by atoms with Gasteiger partial charge in [-0.2, -0.15) is 0 Å². The molecule has 0 spiro atoms. The zero-order valence-corrected chi connectivity index (χ0v) is 10.7. The fourth-order valence-corrected chi connectivity index (χ4v) is 2.26. The quantitative estimate of drug-likeness (QED) is 0.700. The normalized spacial score (nSPS) is 10.6. The van der Waals surface area contributed by atoms with Crippen LogP contribution in [0.25, 0.3) is 11.1 Å². The van der Waals surface area contributed by atoms with Crippen molar-refractivity contribution in [3.63, 3.8) is 0 Å². The first-order valence-corrected chi connectivity index (χ1v) is 6.05. The van der Waals surface area contributed by atoms with Gasteiger partial charge in [-0.05, 0) is 48.2 Å². The van der Waals surface area contributed by atoms with Gasteiger partial charge in [0.05, 0.1) is 0 Å². The van der Waals surface area contributed by atoms with Crippen LogP contribution in [0.1, 0.15) is 18.1 Å². The highest BCUT2D eigenvalue weighted by atomic mass is 35.5. The Morgan fingerprint density at radius 2 is 1.94 bits per heavy atom. The van der Waals surface area contributed by atoms with E-state index >= 15 is 0 Å². The molecule has 88 valence electrons. The molecule has 0 aliphatic carbocycles. The molecule has 0 N–H and O–H groups in total. The van der Waals surface area contributed by atoms with Crippen LogP contribution < -0.4 is 0 Å². The summed E-state index contributed by atoms with van der Waals surface area (Å²) >= 11 is 5.78. The smallest absolute Gasteiger partial charge is 0.132 e. The van der Waals surface area contributed by atoms with Crippen molar-refractivity contribution in [2.75, 3.05) is 0 Å². The van der Waals surface area contributed by atoms with E-state index < -0.39 is 0 Å². The second kappa shape index (κ2) is 4.89. The van der Waals surface area contributed by atoms with Gasteiger partial charge in [0.1, 0.15) is 5.82 Å². The Labute approximate surface area is 106 Å². The van der Waals surface area contributed by atoms with Gasteiger partial charge in [0.2, 0.25) is 0 Å². The minimum atomic E-state index is -0.262. The van der Waals surface area contributed by atoms with Gasteiger partial charge < -0.3 is 0 Å². The predicted octanol–water partition coefficient (Wildman–Crippen LogP) is 5.02. The fraction of sp³-hybridized carbons (Fsp3) is 0.200. The lowest BCUT2D eigenvalue weighted by Gasteiger charge is -2.12. The van der Waals surface area contributed by atoms with Crippen LogP contribution in [0, 0.1) is 12.7 Å². The van der Waals surface area contributed by atoms with Crippen LogP contribution in [0.15, 0.2) is 36.4 Å². The van der Waals surface area contributed by atoms with Crippen LogP contribution >= 0.6 is 11.6 Å². The molecule has 0 aliphatic heterocycles. The Kier molecular flexibility index (Phi) is 3.49. The number of rotatable bonds is 2. The summed E-state index contributed by atoms with van der Waals surface area (Å²) < 4.78 is 13.9. The summed E-state index contributed by atoms with van der Waals surface area (Å²) in [6, 6.07) is 10.9. The first kappa shape index (κ1) is 12.1. The third kappa shape index (κ3) is 2.34. The average Bonchev–Trinajstić information content (AvgIpc) is 2.30. The molecule has 0 unspecified atom stereocenters. The van der Waals surface area contributed by atoms with Gasteiger partial charge in [-0.25, -0.2) is 4.39 Å². The Morgan fingerprint density at radius 3 is 2.59 bits per heavy atom. The zero-order valence-electron chi connectivity index (χ0n) is 9.93. The van der Waals surface area contributed by atoms with Crippen molar-refractivity contribution in [1.82, 2.24) is 0 Å². The van der Waals surface area contributed by atoms with Crippen molar-refractivity contribution in [2.24, 2.45) is 0 Å². The second-order valence-corrected chi connectivity index (χ2v) is 4.52. The molecule has 0 aromatic heterocycles. The number of halogens is 2. The topological polar surface area (TPSA) is 0 Å². The van der Waals surface area contributed by atoms with Crippen LogP contribution in [-0.4, -0.2) is 0 Å². The zero-order chi connectivity index (χ0) is 12.4. The van der Waals surface area contributed by atoms with Crippen molar-refractivity contribution in [1.29, 1.82) is 0 Å². The lowest BCUT2D eigenvalue weighted by Crippen LogP contribution is -1.93. The number of aryl methyl sites for hydroxylation is 2. The first-order chi connectivity index (χ1) is 8.13. The highest BCUT2D eigenvalue weighted by Crippen LogP contribution is 2.31. The van der Waals surface area contributed by atoms with Crippen molar-refractivity contribution in [2.45, 2.75) is 20.3 Å². The monoisotopic (exact) mass is 248 g/mol. The maximum atomic E-state index is 13.9. The molecule has 0 saturated carbocycles. The molecule has 0 nitrogen and oxygen atoms in total. The van der Waals surface area contributed by atoms with Crippen LogP contribution in [0.5, 0.6) is 0 Å². The molecule has 0 fully saturated rings. The van der Waals surface area contributed by atoms with Gasteiger partial charge in [-0.1, -0.05) is 36.7 Å². The molecule has 2 rings (SSSR count). The molecule has 0 bridgehead atoms. The third-order valence-electron chi connectivity index (χ3n) is 2.94. The molecule has 0 atom stereocenters. The van der Waals surface area contributed by atoms with Gasteiger partial charge in [0.25, 0.3) is 0 Å². The Balaban J connectivity index is 2.67. The maximum absolute atomic E-state index is 13.9. The molecule has 2 aromatic rings. The van der Waals surface area contributed by atoms with Crippen molar-refractivity contribution in [3.05, 3.63) is 58.4 Å². The van der Waals surface area contributed by atoms with Gasteiger partial charge >= 0.3 is 0 Å². The van der Waals surface area contributed by atoms with E-state index in [1.165, 1.54) is 6.07 Å². The molecule has 2 heteroatoms. The summed E-state index contributed by atoms with van der Waals surface area (Å²) in [5, 5.41) is 0.429. The summed E-state index contributed by atoms with van der Waals surface area (Å²) in [6.45, 7) is 4.08. The molecule has 0 saturated heterocycles. The van der Waals surface area contributed by atoms with Crippen molar-refractivity contribution in [3.8, 4) is 11.1 Å². The van der Waals surface area contributed by atoms with E-state index in [1.807, 2.05) is 25.1 Å². The highest BCUT2D eigenvalue weighted by Gasteiger charge is 2.11. The van der Waals surface area contributed by atoms with Crippen LogP contribution in [0.2, 0.25) is 5.02 Å². The summed E-state index contributed by atoms with van der Waals surface area (Å²) in [5.41, 5.74) is 3.87. The maximum Gasteiger partial charge on any atom is 0.132 e. The van der Waals surface area contributed by atoms with Gasteiger partial charge in [0.15, 0.2) is 0 Å². The average molecular weight is 249 g/mol. The Morgan fingerprint density at radius 1 is 1.18 bits per heavy atom. The Hall–Kier alpha value is -1.34. The van der Waals surface area contributed by atoms with Crippen LogP contribution in [0.4, 0.5) is 4.39 Å². The molecule has 0 heterocycles. The molecule has 0 radical (unpaired) electrons. The number of hydrogen-bond acceptors (Lipinski definition) is 0. The van der Waals surface area contributed by atoms with Gasteiger partial charge in [0, 0.05) is 10.6 Å². The first-order valence-electron chi connectivity index (χ1n) is 5.67. The third-order valence-corrected chi connectivity index (χ3v) is 3.18. The van der Waals surface area contributed by atoms with Crippen molar-refractivity contribution >= 4 is 11.6 Å². The highest BCUT2D eigenvalue weighted by molar-refractivity contribution is 6.30. The Bertz CT molecular complexity index is 547. The number of benzene rings is 2. The van der Waals surface area contributed by atoms with E-state index in [0.717, 1.165) is 23.1 Å². The largest absolute Gasteiger partial charge is 0.206 e. The molecular weight excluding hydrogens is 235 g/mol. The van der Waals surface area contributed by atoms with E-state index in [2.05, 4.69) is 6.92 Å². The summed E-state index contributed by atoms with van der Waals surface area (Å²) in [7, 11) is 0. The summed E-state index contributed by atoms with van der Waals surface area (Å²) in [4.78, 5) is 0. The number of hydrogen-bond donors (Lipinski definition) is 0. The molecular formula is C15H14ClF. The van der Waals surface area contributed by atoms with E-state index in [4.69, 9.17) is 11.6 Å². The minimum absolute atomic E-state index is 0.262. The molecule has 0 amide bonds. The van der Waals surface area contributed by atoms with Crippen LogP contribution in [0.3, 0.4) is 0 Å². The van der Waals surface area contributed by atoms with E-state index in [9.17, 15) is 4.39 Å². The lowest BCUT2D eigenvalue weighted by molar-refractivity contribution is 0.631. The molecule has 17 heavy (non-hydrogen) atoms. The second-order valence-electron chi connectivity index (χ2n) is 4.09.